The molecule has 0 aliphatic heterocycles. The van der Waals surface area contributed by atoms with E-state index in [-0.39, 0.29) is 0 Å². The van der Waals surface area contributed by atoms with E-state index in [4.69, 9.17) is 7.85 Å². The molecule has 0 saturated heterocycles. The lowest BCUT2D eigenvalue weighted by atomic mass is 9.93. The summed E-state index contributed by atoms with van der Waals surface area (Å²) in [7, 11) is 5.41. The van der Waals surface area contributed by atoms with Gasteiger partial charge in [-0.3, -0.25) is 4.79 Å². The van der Waals surface area contributed by atoms with Crippen molar-refractivity contribution in [1.82, 2.24) is 4.90 Å². The highest BCUT2D eigenvalue weighted by molar-refractivity contribution is 6.09. The maximum absolute atomic E-state index is 10.5. The molecule has 0 unspecified atom stereocenters. The van der Waals surface area contributed by atoms with Crippen molar-refractivity contribution >= 4 is 14.3 Å². The van der Waals surface area contributed by atoms with Crippen LogP contribution in [0.25, 0.3) is 0 Å². The van der Waals surface area contributed by atoms with Gasteiger partial charge in [-0.1, -0.05) is 19.3 Å². The third-order valence-corrected chi connectivity index (χ3v) is 2.39. The molecule has 11 heavy (non-hydrogen) atoms. The van der Waals surface area contributed by atoms with E-state index in [1.54, 1.807) is 4.90 Å². The summed E-state index contributed by atoms with van der Waals surface area (Å²) >= 11 is 0. The van der Waals surface area contributed by atoms with Gasteiger partial charge < -0.3 is 4.90 Å². The largest absolute Gasteiger partial charge is 0.351 e. The Hall–Kier alpha value is -0.465. The summed E-state index contributed by atoms with van der Waals surface area (Å²) in [5.41, 5.74) is 0. The van der Waals surface area contributed by atoms with Gasteiger partial charge in [0.05, 0.1) is 7.85 Å². The van der Waals surface area contributed by atoms with Crippen LogP contribution < -0.4 is 0 Å². The third kappa shape index (κ3) is 2.24. The van der Waals surface area contributed by atoms with Crippen LogP contribution in [0.15, 0.2) is 0 Å². The first-order chi connectivity index (χ1) is 5.38. The van der Waals surface area contributed by atoms with Crippen molar-refractivity contribution in [2.75, 3.05) is 6.44 Å². The average molecular weight is 151 g/mol. The number of hydrogen-bond donors (Lipinski definition) is 0. The molecule has 0 atom stereocenters. The lowest BCUT2D eigenvalue weighted by Gasteiger charge is -2.30. The Bertz CT molecular complexity index is 123. The minimum Gasteiger partial charge on any atom is -0.351 e. The zero-order valence-corrected chi connectivity index (χ0v) is 6.83. The molecule has 1 rings (SSSR count). The summed E-state index contributed by atoms with van der Waals surface area (Å²) in [5, 5.41) is 0. The maximum atomic E-state index is 10.5. The number of amides is 1. The Morgan fingerprint density at radius 3 is 2.45 bits per heavy atom. The van der Waals surface area contributed by atoms with Crippen LogP contribution in [-0.2, 0) is 4.79 Å². The van der Waals surface area contributed by atoms with E-state index < -0.39 is 0 Å². The van der Waals surface area contributed by atoms with Crippen molar-refractivity contribution in [2.24, 2.45) is 0 Å². The molecular weight excluding hydrogens is 137 g/mol. The van der Waals surface area contributed by atoms with Crippen molar-refractivity contribution in [3.8, 4) is 0 Å². The summed E-state index contributed by atoms with van der Waals surface area (Å²) in [4.78, 5) is 12.2. The first-order valence-electron chi connectivity index (χ1n) is 4.29. The average Bonchev–Trinajstić information content (AvgIpc) is 2.09. The van der Waals surface area contributed by atoms with Crippen molar-refractivity contribution < 1.29 is 4.79 Å². The zero-order valence-electron chi connectivity index (χ0n) is 6.83. The summed E-state index contributed by atoms with van der Waals surface area (Å²) in [6.07, 6.45) is 7.31. The standard InChI is InChI=1S/C8H14BNO/c9-6-10(7-11)8-4-2-1-3-5-8/h7-8H,1-6H2. The lowest BCUT2D eigenvalue weighted by Crippen LogP contribution is -2.36. The summed E-state index contributed by atoms with van der Waals surface area (Å²) in [6, 6.07) is 0.422. The predicted molar refractivity (Wildman–Crippen MR) is 45.4 cm³/mol. The Balaban J connectivity index is 2.35. The van der Waals surface area contributed by atoms with Crippen molar-refractivity contribution in [3.05, 3.63) is 0 Å². The highest BCUT2D eigenvalue weighted by Gasteiger charge is 2.17. The molecule has 0 aromatic carbocycles. The van der Waals surface area contributed by atoms with Crippen molar-refractivity contribution in [1.29, 1.82) is 0 Å². The molecule has 2 radical (unpaired) electrons. The molecule has 1 fully saturated rings. The molecule has 0 bridgehead atoms. The number of nitrogens with zero attached hydrogens (tertiary/aromatic N) is 1. The summed E-state index contributed by atoms with van der Waals surface area (Å²) in [5.74, 6) is 0. The van der Waals surface area contributed by atoms with E-state index >= 15 is 0 Å². The highest BCUT2D eigenvalue weighted by Crippen LogP contribution is 2.20. The second-order valence-electron chi connectivity index (χ2n) is 3.09. The Morgan fingerprint density at radius 2 is 2.00 bits per heavy atom. The van der Waals surface area contributed by atoms with Gasteiger partial charge in [0, 0.05) is 6.04 Å². The number of carbonyl (C=O) groups excluding carboxylic acids is 1. The van der Waals surface area contributed by atoms with Gasteiger partial charge in [0.1, 0.15) is 0 Å². The first kappa shape index (κ1) is 8.63. The third-order valence-electron chi connectivity index (χ3n) is 2.39. The predicted octanol–water partition coefficient (Wildman–Crippen LogP) is 0.903. The molecule has 2 nitrogen and oxygen atoms in total. The summed E-state index contributed by atoms with van der Waals surface area (Å²) in [6.45, 7) is 0. The molecule has 0 heterocycles. The molecule has 0 aromatic rings. The SMILES string of the molecule is [B]CN(C=O)C1CCCCC1. The molecule has 1 aliphatic carbocycles. The normalized spacial score (nSPS) is 19.6. The number of hydrogen-bond acceptors (Lipinski definition) is 1. The van der Waals surface area contributed by atoms with Gasteiger partial charge in [0.15, 0.2) is 0 Å². The van der Waals surface area contributed by atoms with Crippen LogP contribution in [0.2, 0.25) is 0 Å². The number of rotatable bonds is 3. The van der Waals surface area contributed by atoms with E-state index in [1.165, 1.54) is 19.3 Å². The molecule has 1 aliphatic rings. The second-order valence-corrected chi connectivity index (χ2v) is 3.09. The summed E-state index contributed by atoms with van der Waals surface area (Å²) < 4.78 is 0. The van der Waals surface area contributed by atoms with Crippen LogP contribution in [0, 0.1) is 0 Å². The van der Waals surface area contributed by atoms with Crippen LogP contribution in [-0.4, -0.2) is 31.6 Å². The molecule has 60 valence electrons. The van der Waals surface area contributed by atoms with E-state index in [1.807, 2.05) is 0 Å². The fourth-order valence-corrected chi connectivity index (χ4v) is 1.69. The quantitative estimate of drug-likeness (QED) is 0.433. The van der Waals surface area contributed by atoms with Crippen LogP contribution >= 0.6 is 0 Å². The van der Waals surface area contributed by atoms with Crippen molar-refractivity contribution in [2.45, 2.75) is 38.1 Å². The van der Waals surface area contributed by atoms with Gasteiger partial charge >= 0.3 is 0 Å². The molecular formula is C8H14BNO. The van der Waals surface area contributed by atoms with E-state index in [0.717, 1.165) is 19.3 Å². The topological polar surface area (TPSA) is 20.3 Å². The Labute approximate surface area is 69.4 Å². The van der Waals surface area contributed by atoms with E-state index in [2.05, 4.69) is 0 Å². The fraction of sp³-hybridized carbons (Fsp3) is 0.875. The molecule has 1 saturated carbocycles. The molecule has 0 spiro atoms. The van der Waals surface area contributed by atoms with E-state index in [0.29, 0.717) is 12.5 Å². The van der Waals surface area contributed by atoms with Gasteiger partial charge in [-0.05, 0) is 19.3 Å². The fourth-order valence-electron chi connectivity index (χ4n) is 1.69. The minimum absolute atomic E-state index is 0.369. The molecule has 0 N–H and O–H groups in total. The van der Waals surface area contributed by atoms with Gasteiger partial charge in [-0.15, -0.1) is 0 Å². The van der Waals surface area contributed by atoms with Crippen molar-refractivity contribution in [3.63, 3.8) is 0 Å². The highest BCUT2D eigenvalue weighted by atomic mass is 16.1. The smallest absolute Gasteiger partial charge is 0.209 e. The Morgan fingerprint density at radius 1 is 1.36 bits per heavy atom. The van der Waals surface area contributed by atoms with Crippen LogP contribution in [0.4, 0.5) is 0 Å². The lowest BCUT2D eigenvalue weighted by molar-refractivity contribution is -0.119. The minimum atomic E-state index is 0.369. The number of carbonyl (C=O) groups is 1. The van der Waals surface area contributed by atoms with Gasteiger partial charge in [0.25, 0.3) is 0 Å². The second kappa shape index (κ2) is 4.42. The monoisotopic (exact) mass is 151 g/mol. The molecule has 0 aromatic heterocycles. The molecule has 1 amide bonds. The van der Waals surface area contributed by atoms with E-state index in [9.17, 15) is 4.79 Å². The van der Waals surface area contributed by atoms with Crippen LogP contribution in [0.3, 0.4) is 0 Å². The van der Waals surface area contributed by atoms with Gasteiger partial charge in [-0.25, -0.2) is 0 Å². The van der Waals surface area contributed by atoms with Crippen LogP contribution in [0.5, 0.6) is 0 Å². The zero-order chi connectivity index (χ0) is 8.10. The van der Waals surface area contributed by atoms with Crippen LogP contribution in [0.1, 0.15) is 32.1 Å². The van der Waals surface area contributed by atoms with Gasteiger partial charge in [0.2, 0.25) is 6.41 Å². The first-order valence-corrected chi connectivity index (χ1v) is 4.29. The molecule has 3 heteroatoms. The van der Waals surface area contributed by atoms with Gasteiger partial charge in [-0.2, -0.15) is 0 Å². The Kier molecular flexibility index (Phi) is 3.47. The maximum Gasteiger partial charge on any atom is 0.209 e.